The highest BCUT2D eigenvalue weighted by Crippen LogP contribution is 2.44. The van der Waals surface area contributed by atoms with E-state index in [0.717, 1.165) is 0 Å². The van der Waals surface area contributed by atoms with Crippen LogP contribution in [0.2, 0.25) is 0 Å². The number of methoxy groups -OCH3 is 1. The summed E-state index contributed by atoms with van der Waals surface area (Å²) in [6.45, 7) is 2.24. The first-order valence-corrected chi connectivity index (χ1v) is 6.78. The first-order valence-electron chi connectivity index (χ1n) is 6.78. The molecule has 0 aromatic heterocycles. The van der Waals surface area contributed by atoms with Crippen LogP contribution in [0.25, 0.3) is 0 Å². The largest absolute Gasteiger partial charge is 0.501 e. The number of nitrogens with zero attached hydrogens (tertiary/aromatic N) is 1. The van der Waals surface area contributed by atoms with Crippen LogP contribution in [0, 0.1) is 17.8 Å². The van der Waals surface area contributed by atoms with Crippen molar-refractivity contribution < 1.29 is 4.74 Å². The van der Waals surface area contributed by atoms with E-state index in [2.05, 4.69) is 25.2 Å². The lowest BCUT2D eigenvalue weighted by molar-refractivity contribution is 0.179. The van der Waals surface area contributed by atoms with Crippen molar-refractivity contribution in [3.63, 3.8) is 0 Å². The zero-order valence-electron chi connectivity index (χ0n) is 10.7. The molecule has 0 bridgehead atoms. The van der Waals surface area contributed by atoms with E-state index in [9.17, 15) is 0 Å². The molecule has 2 heteroatoms. The molecular weight excluding hydrogens is 210 g/mol. The molecule has 1 saturated carbocycles. The maximum atomic E-state index is 5.53. The van der Waals surface area contributed by atoms with E-state index in [1.807, 2.05) is 0 Å². The number of allylic oxidation sites excluding steroid dienone is 4. The Labute approximate surface area is 103 Å². The number of fused-ring (bicyclic) bond motifs is 3. The maximum Gasteiger partial charge on any atom is 0.0992 e. The van der Waals surface area contributed by atoms with Gasteiger partial charge in [0, 0.05) is 23.6 Å². The fourth-order valence-electron chi connectivity index (χ4n) is 3.69. The van der Waals surface area contributed by atoms with Gasteiger partial charge in [-0.2, -0.15) is 0 Å². The zero-order chi connectivity index (χ0) is 11.8. The van der Waals surface area contributed by atoms with Gasteiger partial charge in [0.15, 0.2) is 0 Å². The number of aliphatic imine (C=N–C) groups is 1. The summed E-state index contributed by atoms with van der Waals surface area (Å²) in [5, 5.41) is 0. The van der Waals surface area contributed by atoms with Gasteiger partial charge < -0.3 is 4.74 Å². The second kappa shape index (κ2) is 4.32. The second-order valence-electron chi connectivity index (χ2n) is 5.53. The molecule has 4 atom stereocenters. The van der Waals surface area contributed by atoms with E-state index in [1.54, 1.807) is 7.11 Å². The summed E-state index contributed by atoms with van der Waals surface area (Å²) in [7, 11) is 1.80. The lowest BCUT2D eigenvalue weighted by atomic mass is 9.66. The number of hydrogen-bond donors (Lipinski definition) is 0. The molecule has 1 fully saturated rings. The van der Waals surface area contributed by atoms with E-state index in [0.29, 0.717) is 23.8 Å². The summed E-state index contributed by atoms with van der Waals surface area (Å²) in [4.78, 5) is 4.87. The Morgan fingerprint density at radius 3 is 2.94 bits per heavy atom. The average molecular weight is 231 g/mol. The van der Waals surface area contributed by atoms with Gasteiger partial charge in [-0.05, 0) is 44.6 Å². The number of rotatable bonds is 1. The Hall–Kier alpha value is -1.05. The normalized spacial score (nSPS) is 39.9. The fraction of sp³-hybridized carbons (Fsp3) is 0.667. The molecule has 1 heterocycles. The van der Waals surface area contributed by atoms with Gasteiger partial charge in [0.05, 0.1) is 12.9 Å². The standard InChI is InChI=1S/C15H21NO/c1-10-6-7-12-11-4-3-5-15(17-2)13(11)8-9-14(12)16-10/h3-5,10-13H,6-9H2,1-2H3/t10?,11?,12-,13?/m0/s1. The van der Waals surface area contributed by atoms with Crippen molar-refractivity contribution in [2.75, 3.05) is 7.11 Å². The van der Waals surface area contributed by atoms with E-state index in [-0.39, 0.29) is 0 Å². The van der Waals surface area contributed by atoms with E-state index < -0.39 is 0 Å². The minimum absolute atomic E-state index is 0.544. The molecule has 0 spiro atoms. The van der Waals surface area contributed by atoms with Crippen LogP contribution in [-0.2, 0) is 4.74 Å². The van der Waals surface area contributed by atoms with Crippen LogP contribution in [-0.4, -0.2) is 18.9 Å². The van der Waals surface area contributed by atoms with Crippen LogP contribution in [0.4, 0.5) is 0 Å². The summed E-state index contributed by atoms with van der Waals surface area (Å²) in [5.74, 6) is 3.09. The topological polar surface area (TPSA) is 21.6 Å². The van der Waals surface area contributed by atoms with Crippen molar-refractivity contribution in [1.82, 2.24) is 0 Å². The highest BCUT2D eigenvalue weighted by molar-refractivity contribution is 5.89. The molecule has 3 rings (SSSR count). The van der Waals surface area contributed by atoms with E-state index in [4.69, 9.17) is 9.73 Å². The van der Waals surface area contributed by atoms with Crippen molar-refractivity contribution in [3.8, 4) is 0 Å². The van der Waals surface area contributed by atoms with Crippen molar-refractivity contribution >= 4 is 5.71 Å². The van der Waals surface area contributed by atoms with Gasteiger partial charge >= 0.3 is 0 Å². The van der Waals surface area contributed by atoms with Crippen LogP contribution in [0.5, 0.6) is 0 Å². The van der Waals surface area contributed by atoms with Gasteiger partial charge in [-0.1, -0.05) is 12.2 Å². The van der Waals surface area contributed by atoms with Gasteiger partial charge in [0.25, 0.3) is 0 Å². The molecule has 0 saturated heterocycles. The third-order valence-electron chi connectivity index (χ3n) is 4.55. The molecule has 2 nitrogen and oxygen atoms in total. The molecule has 0 aromatic rings. The predicted molar refractivity (Wildman–Crippen MR) is 70.1 cm³/mol. The molecule has 3 aliphatic rings. The zero-order valence-corrected chi connectivity index (χ0v) is 10.7. The molecule has 3 unspecified atom stereocenters. The highest BCUT2D eigenvalue weighted by Gasteiger charge is 2.40. The molecule has 0 amide bonds. The molecule has 2 aliphatic carbocycles. The number of ether oxygens (including phenoxy) is 1. The Morgan fingerprint density at radius 1 is 1.24 bits per heavy atom. The Kier molecular flexibility index (Phi) is 2.81. The number of hydrogen-bond acceptors (Lipinski definition) is 2. The summed E-state index contributed by atoms with van der Waals surface area (Å²) in [6.07, 6.45) is 11.6. The molecule has 0 aromatic carbocycles. The lowest BCUT2D eigenvalue weighted by Crippen LogP contribution is -2.39. The van der Waals surface area contributed by atoms with Crippen LogP contribution >= 0.6 is 0 Å². The van der Waals surface area contributed by atoms with Crippen molar-refractivity contribution in [2.24, 2.45) is 22.7 Å². The van der Waals surface area contributed by atoms with Gasteiger partial charge in [0.2, 0.25) is 0 Å². The smallest absolute Gasteiger partial charge is 0.0992 e. The molecule has 92 valence electrons. The molecule has 17 heavy (non-hydrogen) atoms. The van der Waals surface area contributed by atoms with Crippen molar-refractivity contribution in [1.29, 1.82) is 0 Å². The molecule has 1 aliphatic heterocycles. The van der Waals surface area contributed by atoms with E-state index in [1.165, 1.54) is 37.2 Å². The molecule has 0 radical (unpaired) electrons. The third-order valence-corrected chi connectivity index (χ3v) is 4.55. The predicted octanol–water partition coefficient (Wildman–Crippen LogP) is 3.35. The summed E-state index contributed by atoms with van der Waals surface area (Å²) >= 11 is 0. The average Bonchev–Trinajstić information content (AvgIpc) is 2.37. The van der Waals surface area contributed by atoms with Crippen LogP contribution in [0.1, 0.15) is 32.6 Å². The van der Waals surface area contributed by atoms with Crippen molar-refractivity contribution in [3.05, 3.63) is 24.0 Å². The Balaban J connectivity index is 1.88. The van der Waals surface area contributed by atoms with Crippen LogP contribution in [0.3, 0.4) is 0 Å². The summed E-state index contributed by atoms with van der Waals surface area (Å²) in [5.41, 5.74) is 1.48. The van der Waals surface area contributed by atoms with Gasteiger partial charge in [0.1, 0.15) is 0 Å². The summed E-state index contributed by atoms with van der Waals surface area (Å²) < 4.78 is 5.53. The quantitative estimate of drug-likeness (QED) is 0.678. The van der Waals surface area contributed by atoms with Crippen LogP contribution in [0.15, 0.2) is 29.0 Å². The Morgan fingerprint density at radius 2 is 2.12 bits per heavy atom. The van der Waals surface area contributed by atoms with Gasteiger partial charge in [-0.15, -0.1) is 0 Å². The first kappa shape index (κ1) is 11.1. The second-order valence-corrected chi connectivity index (χ2v) is 5.53. The van der Waals surface area contributed by atoms with Crippen molar-refractivity contribution in [2.45, 2.75) is 38.6 Å². The van der Waals surface area contributed by atoms with Gasteiger partial charge in [-0.3, -0.25) is 4.99 Å². The van der Waals surface area contributed by atoms with Gasteiger partial charge in [-0.25, -0.2) is 0 Å². The maximum absolute atomic E-state index is 5.53. The minimum Gasteiger partial charge on any atom is -0.501 e. The Bertz CT molecular complexity index is 394. The summed E-state index contributed by atoms with van der Waals surface area (Å²) in [6, 6.07) is 0.544. The minimum atomic E-state index is 0.544. The molecular formula is C15H21NO. The van der Waals surface area contributed by atoms with E-state index >= 15 is 0 Å². The molecule has 0 N–H and O–H groups in total. The fourth-order valence-corrected chi connectivity index (χ4v) is 3.69. The highest BCUT2D eigenvalue weighted by atomic mass is 16.5. The van der Waals surface area contributed by atoms with Crippen LogP contribution < -0.4 is 0 Å². The monoisotopic (exact) mass is 231 g/mol. The third kappa shape index (κ3) is 1.84. The first-order chi connectivity index (χ1) is 8.29. The SMILES string of the molecule is COC1=CC=CC2C1CCC1=NC(C)CC[C@H]12. The lowest BCUT2D eigenvalue weighted by Gasteiger charge is -2.42.